The molecule has 0 spiro atoms. The summed E-state index contributed by atoms with van der Waals surface area (Å²) in [5.74, 6) is -0.288. The average Bonchev–Trinajstić information content (AvgIpc) is 3.03. The van der Waals surface area contributed by atoms with Crippen LogP contribution in [0.5, 0.6) is 0 Å². The molecule has 2 unspecified atom stereocenters. The number of hydrogen-bond donors (Lipinski definition) is 2. The molecule has 2 N–H and O–H groups in total. The summed E-state index contributed by atoms with van der Waals surface area (Å²) in [5.41, 5.74) is -0.731. The second-order valence-corrected chi connectivity index (χ2v) is 6.70. The smallest absolute Gasteiger partial charge is 0.324 e. The second kappa shape index (κ2) is 6.32. The molecule has 2 heterocycles. The minimum atomic E-state index is -0.731. The lowest BCUT2D eigenvalue weighted by Crippen LogP contribution is -2.49. The normalized spacial score (nSPS) is 34.3. The van der Waals surface area contributed by atoms with Gasteiger partial charge in [-0.05, 0) is 39.3 Å². The number of hydrogen-bond acceptors (Lipinski definition) is 6. The van der Waals surface area contributed by atoms with Crippen LogP contribution in [0.4, 0.5) is 0 Å². The zero-order chi connectivity index (χ0) is 14.8. The quantitative estimate of drug-likeness (QED) is 0.717. The van der Waals surface area contributed by atoms with Crippen LogP contribution in [0.15, 0.2) is 0 Å². The SMILES string of the molecule is COC(=O)C1CSC(CC[C@@]2(C(=O)O)CCCN2C)N1. The van der Waals surface area contributed by atoms with Crippen molar-refractivity contribution in [3.05, 3.63) is 0 Å². The molecule has 0 aromatic heterocycles. The molecule has 2 aliphatic heterocycles. The Morgan fingerprint density at radius 1 is 1.55 bits per heavy atom. The molecule has 2 fully saturated rings. The van der Waals surface area contributed by atoms with Crippen LogP contribution in [0.1, 0.15) is 25.7 Å². The molecule has 2 saturated heterocycles. The van der Waals surface area contributed by atoms with Gasteiger partial charge in [0.25, 0.3) is 0 Å². The molecule has 2 rings (SSSR count). The number of likely N-dealkylation sites (N-methyl/N-ethyl adjacent to an activating group) is 1. The number of carboxylic acid groups (broad SMARTS) is 1. The van der Waals surface area contributed by atoms with E-state index in [9.17, 15) is 14.7 Å². The number of carboxylic acids is 1. The Morgan fingerprint density at radius 3 is 2.85 bits per heavy atom. The largest absolute Gasteiger partial charge is 0.480 e. The molecule has 6 nitrogen and oxygen atoms in total. The minimum absolute atomic E-state index is 0.129. The summed E-state index contributed by atoms with van der Waals surface area (Å²) < 4.78 is 4.72. The highest BCUT2D eigenvalue weighted by atomic mass is 32.2. The molecule has 0 bridgehead atoms. The van der Waals surface area contributed by atoms with Gasteiger partial charge in [-0.15, -0.1) is 11.8 Å². The number of methoxy groups -OCH3 is 1. The van der Waals surface area contributed by atoms with Crippen LogP contribution in [-0.4, -0.2) is 65.4 Å². The number of esters is 1. The Balaban J connectivity index is 1.89. The van der Waals surface area contributed by atoms with Crippen molar-refractivity contribution in [2.45, 2.75) is 42.6 Å². The monoisotopic (exact) mass is 302 g/mol. The number of aliphatic carboxylic acids is 1. The van der Waals surface area contributed by atoms with Crippen molar-refractivity contribution < 1.29 is 19.4 Å². The molecular weight excluding hydrogens is 280 g/mol. The Kier molecular flexibility index (Phi) is 4.93. The topological polar surface area (TPSA) is 78.9 Å². The molecule has 0 amide bonds. The van der Waals surface area contributed by atoms with E-state index >= 15 is 0 Å². The molecule has 2 aliphatic rings. The summed E-state index contributed by atoms with van der Waals surface area (Å²) in [7, 11) is 3.27. The number of nitrogens with zero attached hydrogens (tertiary/aromatic N) is 1. The Labute approximate surface area is 123 Å². The van der Waals surface area contributed by atoms with Crippen molar-refractivity contribution in [3.8, 4) is 0 Å². The molecule has 0 aromatic carbocycles. The van der Waals surface area contributed by atoms with Gasteiger partial charge in [0.15, 0.2) is 0 Å². The summed E-state index contributed by atoms with van der Waals surface area (Å²) in [5, 5.41) is 12.9. The lowest BCUT2D eigenvalue weighted by atomic mass is 9.90. The van der Waals surface area contributed by atoms with Crippen molar-refractivity contribution in [3.63, 3.8) is 0 Å². The Hall–Kier alpha value is -0.790. The number of carbonyl (C=O) groups is 2. The third kappa shape index (κ3) is 2.94. The lowest BCUT2D eigenvalue weighted by molar-refractivity contribution is -0.149. The predicted molar refractivity (Wildman–Crippen MR) is 76.7 cm³/mol. The fourth-order valence-corrected chi connectivity index (χ4v) is 4.26. The van der Waals surface area contributed by atoms with Crippen molar-refractivity contribution in [1.29, 1.82) is 0 Å². The van der Waals surface area contributed by atoms with Crippen LogP contribution in [0.2, 0.25) is 0 Å². The molecule has 0 saturated carbocycles. The van der Waals surface area contributed by atoms with E-state index in [0.717, 1.165) is 19.4 Å². The van der Waals surface area contributed by atoms with E-state index in [0.29, 0.717) is 18.6 Å². The van der Waals surface area contributed by atoms with E-state index in [4.69, 9.17) is 4.74 Å². The van der Waals surface area contributed by atoms with Crippen molar-refractivity contribution in [2.24, 2.45) is 0 Å². The zero-order valence-corrected chi connectivity index (χ0v) is 12.7. The van der Waals surface area contributed by atoms with Crippen LogP contribution >= 0.6 is 11.8 Å². The number of likely N-dealkylation sites (tertiary alicyclic amines) is 1. The van der Waals surface area contributed by atoms with Gasteiger partial charge >= 0.3 is 11.9 Å². The van der Waals surface area contributed by atoms with Gasteiger partial charge in [-0.2, -0.15) is 0 Å². The van der Waals surface area contributed by atoms with Gasteiger partial charge in [0.1, 0.15) is 11.6 Å². The maximum absolute atomic E-state index is 11.6. The van der Waals surface area contributed by atoms with Gasteiger partial charge in [-0.25, -0.2) is 0 Å². The van der Waals surface area contributed by atoms with Crippen LogP contribution in [0.3, 0.4) is 0 Å². The van der Waals surface area contributed by atoms with E-state index in [1.54, 1.807) is 11.8 Å². The first kappa shape index (κ1) is 15.6. The molecule has 0 aromatic rings. The molecule has 0 radical (unpaired) electrons. The van der Waals surface area contributed by atoms with Crippen molar-refractivity contribution in [2.75, 3.05) is 26.5 Å². The molecule has 3 atom stereocenters. The van der Waals surface area contributed by atoms with E-state index in [1.165, 1.54) is 7.11 Å². The maximum Gasteiger partial charge on any atom is 0.324 e. The summed E-state index contributed by atoms with van der Waals surface area (Å²) in [6, 6.07) is -0.267. The minimum Gasteiger partial charge on any atom is -0.480 e. The van der Waals surface area contributed by atoms with E-state index in [1.807, 2.05) is 11.9 Å². The number of nitrogens with one attached hydrogen (secondary N) is 1. The summed E-state index contributed by atoms with van der Waals surface area (Å²) >= 11 is 1.67. The fourth-order valence-electron chi connectivity index (χ4n) is 3.05. The fraction of sp³-hybridized carbons (Fsp3) is 0.846. The van der Waals surface area contributed by atoms with Crippen LogP contribution in [0.25, 0.3) is 0 Å². The van der Waals surface area contributed by atoms with Gasteiger partial charge in [-0.3, -0.25) is 19.8 Å². The lowest BCUT2D eigenvalue weighted by Gasteiger charge is -2.32. The van der Waals surface area contributed by atoms with Crippen LogP contribution in [-0.2, 0) is 14.3 Å². The van der Waals surface area contributed by atoms with Gasteiger partial charge in [-0.1, -0.05) is 0 Å². The highest BCUT2D eigenvalue weighted by Crippen LogP contribution is 2.35. The maximum atomic E-state index is 11.6. The van der Waals surface area contributed by atoms with E-state index < -0.39 is 11.5 Å². The van der Waals surface area contributed by atoms with Crippen LogP contribution < -0.4 is 5.32 Å². The number of thioether (sulfide) groups is 1. The predicted octanol–water partition coefficient (Wildman–Crippen LogP) is 0.520. The first-order valence-corrected chi connectivity index (χ1v) is 7.94. The van der Waals surface area contributed by atoms with Crippen molar-refractivity contribution >= 4 is 23.7 Å². The highest BCUT2D eigenvalue weighted by Gasteiger charge is 2.46. The van der Waals surface area contributed by atoms with Gasteiger partial charge in [0.05, 0.1) is 12.5 Å². The van der Waals surface area contributed by atoms with Gasteiger partial charge < -0.3 is 9.84 Å². The molecule has 7 heteroatoms. The highest BCUT2D eigenvalue weighted by molar-refractivity contribution is 8.00. The third-order valence-electron chi connectivity index (χ3n) is 4.37. The van der Waals surface area contributed by atoms with E-state index in [-0.39, 0.29) is 17.4 Å². The first-order chi connectivity index (χ1) is 9.49. The number of rotatable bonds is 5. The summed E-state index contributed by atoms with van der Waals surface area (Å²) in [4.78, 5) is 25.0. The van der Waals surface area contributed by atoms with E-state index in [2.05, 4.69) is 5.32 Å². The third-order valence-corrected chi connectivity index (χ3v) is 5.67. The second-order valence-electron chi connectivity index (χ2n) is 5.46. The van der Waals surface area contributed by atoms with Crippen molar-refractivity contribution in [1.82, 2.24) is 10.2 Å². The molecular formula is C13H22N2O4S. The molecule has 20 heavy (non-hydrogen) atoms. The Bertz CT molecular complexity index is 393. The summed E-state index contributed by atoms with van der Waals surface area (Å²) in [6.45, 7) is 0.836. The van der Waals surface area contributed by atoms with Gasteiger partial charge in [0.2, 0.25) is 0 Å². The average molecular weight is 302 g/mol. The summed E-state index contributed by atoms with van der Waals surface area (Å²) in [6.07, 6.45) is 2.99. The number of carbonyl (C=O) groups excluding carboxylic acids is 1. The molecule has 0 aliphatic carbocycles. The number of ether oxygens (including phenoxy) is 1. The van der Waals surface area contributed by atoms with Crippen LogP contribution in [0, 0.1) is 0 Å². The zero-order valence-electron chi connectivity index (χ0n) is 11.9. The first-order valence-electron chi connectivity index (χ1n) is 6.90. The van der Waals surface area contributed by atoms with Gasteiger partial charge in [0, 0.05) is 5.75 Å². The standard InChI is InChI=1S/C13H22N2O4S/c1-15-7-3-5-13(15,12(17)18)6-4-10-14-9(8-20-10)11(16)19-2/h9-10,14H,3-8H2,1-2H3,(H,17,18)/t9?,10?,13-/m1/s1. The molecule has 114 valence electrons. The Morgan fingerprint density at radius 2 is 2.30 bits per heavy atom.